The molecule has 0 aliphatic heterocycles. The smallest absolute Gasteiger partial charge is 0.238 e. The Morgan fingerprint density at radius 2 is 2.00 bits per heavy atom. The van der Waals surface area contributed by atoms with Crippen molar-refractivity contribution in [2.45, 2.75) is 55.0 Å². The normalized spacial score (nSPS) is 12.7. The molecule has 1 heterocycles. The van der Waals surface area contributed by atoms with Crippen molar-refractivity contribution < 1.29 is 13.2 Å². The molecule has 0 bridgehead atoms. The number of hydrogen-bond acceptors (Lipinski definition) is 6. The molecule has 0 aliphatic rings. The van der Waals surface area contributed by atoms with Gasteiger partial charge in [0.05, 0.1) is 10.1 Å². The molecule has 2 aromatic rings. The maximum absolute atomic E-state index is 12.4. The van der Waals surface area contributed by atoms with Crippen molar-refractivity contribution in [3.05, 3.63) is 30.6 Å². The van der Waals surface area contributed by atoms with Crippen LogP contribution >= 0.6 is 11.8 Å². The zero-order chi connectivity index (χ0) is 19.2. The molecular weight excluding hydrogens is 374 g/mol. The number of nitrogens with two attached hydrogens (primary N) is 1. The number of aromatic nitrogens is 3. The van der Waals surface area contributed by atoms with Crippen molar-refractivity contribution in [1.29, 1.82) is 0 Å². The van der Waals surface area contributed by atoms with E-state index in [0.717, 1.165) is 25.8 Å². The Labute approximate surface area is 157 Å². The van der Waals surface area contributed by atoms with Crippen LogP contribution in [0.3, 0.4) is 0 Å². The minimum atomic E-state index is -3.75. The van der Waals surface area contributed by atoms with E-state index in [-0.39, 0.29) is 16.1 Å². The highest BCUT2D eigenvalue weighted by Gasteiger charge is 2.18. The maximum Gasteiger partial charge on any atom is 0.238 e. The molecule has 10 heteroatoms. The van der Waals surface area contributed by atoms with Crippen LogP contribution in [0.5, 0.6) is 0 Å². The van der Waals surface area contributed by atoms with Crippen molar-refractivity contribution in [1.82, 2.24) is 14.8 Å². The number of nitrogens with one attached hydrogen (secondary N) is 1. The molecule has 1 atom stereocenters. The van der Waals surface area contributed by atoms with Crippen LogP contribution in [0.1, 0.15) is 33.1 Å². The highest BCUT2D eigenvalue weighted by molar-refractivity contribution is 8.00. The number of sulfonamides is 1. The molecule has 3 N–H and O–H groups in total. The van der Waals surface area contributed by atoms with Gasteiger partial charge in [-0.15, -0.1) is 10.2 Å². The molecule has 0 fully saturated rings. The highest BCUT2D eigenvalue weighted by Crippen LogP contribution is 2.23. The van der Waals surface area contributed by atoms with Crippen LogP contribution in [0.25, 0.3) is 0 Å². The quantitative estimate of drug-likeness (QED) is 0.494. The number of carbonyl (C=O) groups is 1. The molecule has 0 radical (unpaired) electrons. The Balaban J connectivity index is 1.95. The fourth-order valence-electron chi connectivity index (χ4n) is 2.20. The minimum absolute atomic E-state index is 0.00176. The lowest BCUT2D eigenvalue weighted by molar-refractivity contribution is -0.115. The van der Waals surface area contributed by atoms with E-state index in [2.05, 4.69) is 22.4 Å². The van der Waals surface area contributed by atoms with Gasteiger partial charge in [-0.25, -0.2) is 13.6 Å². The maximum atomic E-state index is 12.4. The predicted molar refractivity (Wildman–Crippen MR) is 101 cm³/mol. The van der Waals surface area contributed by atoms with E-state index >= 15 is 0 Å². The number of carbonyl (C=O) groups excluding carboxylic acids is 1. The Kier molecular flexibility index (Phi) is 7.18. The third kappa shape index (κ3) is 5.82. The number of aryl methyl sites for hydroxylation is 1. The van der Waals surface area contributed by atoms with Gasteiger partial charge in [-0.2, -0.15) is 0 Å². The van der Waals surface area contributed by atoms with Gasteiger partial charge in [-0.3, -0.25) is 4.79 Å². The Hall–Kier alpha value is -1.91. The van der Waals surface area contributed by atoms with Crippen molar-refractivity contribution in [3.63, 3.8) is 0 Å². The second kappa shape index (κ2) is 9.15. The SMILES string of the molecule is CCCCCn1cnnc1S[C@H](C)C(=O)Nc1ccc(S(N)(=O)=O)cc1. The molecule has 26 heavy (non-hydrogen) atoms. The molecule has 1 aromatic heterocycles. The number of rotatable bonds is 9. The van der Waals surface area contributed by atoms with Gasteiger partial charge in [-0.1, -0.05) is 31.5 Å². The number of primary sulfonamides is 1. The molecule has 0 aliphatic carbocycles. The fraction of sp³-hybridized carbons (Fsp3) is 0.438. The molecule has 0 saturated carbocycles. The topological polar surface area (TPSA) is 120 Å². The van der Waals surface area contributed by atoms with Gasteiger partial charge in [-0.05, 0) is 37.6 Å². The van der Waals surface area contributed by atoms with E-state index in [1.54, 1.807) is 13.3 Å². The van der Waals surface area contributed by atoms with Crippen LogP contribution in [0, 0.1) is 0 Å². The summed E-state index contributed by atoms with van der Waals surface area (Å²) in [5.41, 5.74) is 0.499. The second-order valence-corrected chi connectivity index (χ2v) is 8.70. The number of hydrogen-bond donors (Lipinski definition) is 2. The van der Waals surface area contributed by atoms with Gasteiger partial charge in [0.1, 0.15) is 6.33 Å². The van der Waals surface area contributed by atoms with E-state index in [0.29, 0.717) is 10.8 Å². The second-order valence-electron chi connectivity index (χ2n) is 5.83. The van der Waals surface area contributed by atoms with E-state index in [1.807, 2.05) is 4.57 Å². The van der Waals surface area contributed by atoms with E-state index in [4.69, 9.17) is 5.14 Å². The summed E-state index contributed by atoms with van der Waals surface area (Å²) in [4.78, 5) is 12.4. The molecule has 1 aromatic carbocycles. The molecular formula is C16H23N5O3S2. The summed E-state index contributed by atoms with van der Waals surface area (Å²) < 4.78 is 24.5. The van der Waals surface area contributed by atoms with Crippen molar-refractivity contribution in [3.8, 4) is 0 Å². The van der Waals surface area contributed by atoms with E-state index < -0.39 is 10.0 Å². The Morgan fingerprint density at radius 3 is 2.62 bits per heavy atom. The summed E-state index contributed by atoms with van der Waals surface area (Å²) in [5, 5.41) is 16.1. The number of unbranched alkanes of at least 4 members (excludes halogenated alkanes) is 2. The van der Waals surface area contributed by atoms with Gasteiger partial charge in [0.15, 0.2) is 5.16 Å². The first-order valence-electron chi connectivity index (χ1n) is 8.29. The lowest BCUT2D eigenvalue weighted by Gasteiger charge is -2.12. The van der Waals surface area contributed by atoms with Crippen LogP contribution in [-0.4, -0.2) is 34.3 Å². The molecule has 2 rings (SSSR count). The highest BCUT2D eigenvalue weighted by atomic mass is 32.2. The van der Waals surface area contributed by atoms with E-state index in [9.17, 15) is 13.2 Å². The van der Waals surface area contributed by atoms with Crippen LogP contribution in [-0.2, 0) is 21.4 Å². The first-order valence-corrected chi connectivity index (χ1v) is 10.7. The summed E-state index contributed by atoms with van der Waals surface area (Å²) >= 11 is 1.33. The zero-order valence-electron chi connectivity index (χ0n) is 14.8. The van der Waals surface area contributed by atoms with Crippen molar-refractivity contribution in [2.75, 3.05) is 5.32 Å². The van der Waals surface area contributed by atoms with Gasteiger partial charge in [0.25, 0.3) is 0 Å². The molecule has 0 spiro atoms. The molecule has 0 unspecified atom stereocenters. The van der Waals surface area contributed by atoms with Crippen LogP contribution in [0.4, 0.5) is 5.69 Å². The monoisotopic (exact) mass is 397 g/mol. The van der Waals surface area contributed by atoms with Crippen molar-refractivity contribution >= 4 is 33.4 Å². The number of benzene rings is 1. The predicted octanol–water partition coefficient (Wildman–Crippen LogP) is 2.24. The lowest BCUT2D eigenvalue weighted by Crippen LogP contribution is -2.23. The third-order valence-electron chi connectivity index (χ3n) is 3.68. The molecule has 1 amide bonds. The minimum Gasteiger partial charge on any atom is -0.325 e. The van der Waals surface area contributed by atoms with Crippen LogP contribution in [0.15, 0.2) is 40.6 Å². The van der Waals surface area contributed by atoms with Gasteiger partial charge in [0, 0.05) is 12.2 Å². The summed E-state index contributed by atoms with van der Waals surface area (Å²) in [6, 6.07) is 5.71. The number of amides is 1. The van der Waals surface area contributed by atoms with Crippen LogP contribution < -0.4 is 10.5 Å². The number of anilines is 1. The molecule has 0 saturated heterocycles. The number of nitrogens with zero attached hydrogens (tertiary/aromatic N) is 3. The summed E-state index contributed by atoms with van der Waals surface area (Å²) in [5.74, 6) is -0.207. The lowest BCUT2D eigenvalue weighted by atomic mass is 10.2. The third-order valence-corrected chi connectivity index (χ3v) is 5.71. The Morgan fingerprint density at radius 1 is 1.31 bits per heavy atom. The van der Waals surface area contributed by atoms with Gasteiger partial charge < -0.3 is 9.88 Å². The van der Waals surface area contributed by atoms with Crippen molar-refractivity contribution in [2.24, 2.45) is 5.14 Å². The summed E-state index contributed by atoms with van der Waals surface area (Å²) in [6.45, 7) is 4.75. The van der Waals surface area contributed by atoms with E-state index in [1.165, 1.54) is 36.0 Å². The Bertz CT molecular complexity index is 834. The summed E-state index contributed by atoms with van der Waals surface area (Å²) in [6.07, 6.45) is 4.98. The first kappa shape index (κ1) is 20.4. The molecule has 8 nitrogen and oxygen atoms in total. The average Bonchev–Trinajstić information content (AvgIpc) is 3.02. The number of thioether (sulfide) groups is 1. The summed E-state index contributed by atoms with van der Waals surface area (Å²) in [7, 11) is -3.75. The molecule has 142 valence electrons. The average molecular weight is 398 g/mol. The van der Waals surface area contributed by atoms with Gasteiger partial charge >= 0.3 is 0 Å². The largest absolute Gasteiger partial charge is 0.325 e. The first-order chi connectivity index (χ1) is 12.3. The van der Waals surface area contributed by atoms with Crippen LogP contribution in [0.2, 0.25) is 0 Å². The van der Waals surface area contributed by atoms with Gasteiger partial charge in [0.2, 0.25) is 15.9 Å². The zero-order valence-corrected chi connectivity index (χ0v) is 16.4. The fourth-order valence-corrected chi connectivity index (χ4v) is 3.57. The standard InChI is InChI=1S/C16H23N5O3S2/c1-3-4-5-10-21-11-18-20-16(21)25-12(2)15(22)19-13-6-8-14(9-7-13)26(17,23)24/h6-9,11-12H,3-5,10H2,1-2H3,(H,19,22)(H2,17,23,24)/t12-/m1/s1.